The third-order valence-electron chi connectivity index (χ3n) is 3.89. The van der Waals surface area contributed by atoms with Crippen molar-refractivity contribution < 1.29 is 28.9 Å². The highest BCUT2D eigenvalue weighted by Gasteiger charge is 2.20. The molecule has 0 aliphatic carbocycles. The van der Waals surface area contributed by atoms with Crippen LogP contribution in [0.1, 0.15) is 25.0 Å². The molecule has 0 bridgehead atoms. The molecular weight excluding hydrogens is 442 g/mol. The number of methoxy groups -OCH3 is 1. The normalized spacial score (nSPS) is 11.8. The average molecular weight is 466 g/mol. The smallest absolute Gasteiger partial charge is 0.411 e. The quantitative estimate of drug-likeness (QED) is 0.560. The van der Waals surface area contributed by atoms with Crippen molar-refractivity contribution in [3.8, 4) is 5.75 Å². The summed E-state index contributed by atoms with van der Waals surface area (Å²) in [5.74, 6) is -0.335. The van der Waals surface area contributed by atoms with Crippen LogP contribution in [0, 0.1) is 0 Å². The van der Waals surface area contributed by atoms with Gasteiger partial charge in [-0.3, -0.25) is 5.32 Å². The fourth-order valence-corrected chi connectivity index (χ4v) is 3.20. The fraction of sp³-hybridized carbons (Fsp3) is 0.333. The molecule has 0 fully saturated rings. The van der Waals surface area contributed by atoms with E-state index >= 15 is 0 Å². The molecule has 0 aromatic heterocycles. The van der Waals surface area contributed by atoms with Crippen LogP contribution in [-0.2, 0) is 27.3 Å². The lowest BCUT2D eigenvalue weighted by molar-refractivity contribution is -0.153. The van der Waals surface area contributed by atoms with Crippen molar-refractivity contribution in [1.82, 2.24) is 0 Å². The van der Waals surface area contributed by atoms with Gasteiger partial charge in [0.05, 0.1) is 17.7 Å². The summed E-state index contributed by atoms with van der Waals surface area (Å²) in [7, 11) is 1.57. The van der Waals surface area contributed by atoms with Crippen LogP contribution in [0.25, 0.3) is 0 Å². The lowest BCUT2D eigenvalue weighted by Gasteiger charge is -2.17. The van der Waals surface area contributed by atoms with Crippen LogP contribution in [0.4, 0.5) is 10.5 Å². The highest BCUT2D eigenvalue weighted by molar-refractivity contribution is 9.10. The van der Waals surface area contributed by atoms with Crippen LogP contribution in [0.3, 0.4) is 0 Å². The van der Waals surface area contributed by atoms with Gasteiger partial charge >= 0.3 is 12.1 Å². The molecule has 29 heavy (non-hydrogen) atoms. The van der Waals surface area contributed by atoms with Crippen LogP contribution < -0.4 is 10.1 Å². The lowest BCUT2D eigenvalue weighted by Crippen LogP contribution is -2.29. The zero-order valence-corrected chi connectivity index (χ0v) is 18.1. The number of carbonyl (C=O) groups excluding carboxylic acids is 1. The van der Waals surface area contributed by atoms with E-state index in [2.05, 4.69) is 21.2 Å². The first-order chi connectivity index (χ1) is 13.8. The highest BCUT2D eigenvalue weighted by Crippen LogP contribution is 2.25. The molecule has 2 aromatic carbocycles. The number of carbonyl (C=O) groups is 2. The van der Waals surface area contributed by atoms with Crippen molar-refractivity contribution in [3.63, 3.8) is 0 Å². The van der Waals surface area contributed by atoms with Crippen molar-refractivity contribution in [1.29, 1.82) is 0 Å². The van der Waals surface area contributed by atoms with E-state index in [1.807, 2.05) is 6.07 Å². The van der Waals surface area contributed by atoms with Crippen molar-refractivity contribution in [2.75, 3.05) is 12.4 Å². The van der Waals surface area contributed by atoms with Gasteiger partial charge in [0.15, 0.2) is 6.10 Å². The standard InChI is InChI=1S/C21H24BrNO6/c1-13(2)29-19(20(24)25)11-14-5-4-6-16(9-14)23-21(26)28-12-15-7-8-18(27-3)17(22)10-15/h4-10,13,19H,11-12H2,1-3H3,(H,23,26)(H,24,25). The second kappa shape index (κ2) is 10.8. The van der Waals surface area contributed by atoms with Gasteiger partial charge in [-0.2, -0.15) is 0 Å². The molecule has 0 aliphatic rings. The SMILES string of the molecule is COc1ccc(COC(=O)Nc2cccc(CC(OC(C)C)C(=O)O)c2)cc1Br. The Kier molecular flexibility index (Phi) is 8.48. The number of carboxylic acids is 1. The Morgan fingerprint density at radius 1 is 1.14 bits per heavy atom. The first-order valence-corrected chi connectivity index (χ1v) is 9.81. The Morgan fingerprint density at radius 3 is 2.52 bits per heavy atom. The summed E-state index contributed by atoms with van der Waals surface area (Å²) in [6.45, 7) is 3.66. The zero-order chi connectivity index (χ0) is 21.4. The molecule has 1 amide bonds. The molecule has 1 unspecified atom stereocenters. The number of aliphatic carboxylic acids is 1. The molecule has 8 heteroatoms. The Labute approximate surface area is 178 Å². The molecule has 0 saturated heterocycles. The Bertz CT molecular complexity index is 855. The minimum Gasteiger partial charge on any atom is -0.496 e. The summed E-state index contributed by atoms with van der Waals surface area (Å²) in [5.41, 5.74) is 2.05. The van der Waals surface area contributed by atoms with Crippen molar-refractivity contribution in [3.05, 3.63) is 58.1 Å². The minimum atomic E-state index is -1.03. The fourth-order valence-electron chi connectivity index (χ4n) is 2.61. The van der Waals surface area contributed by atoms with Crippen molar-refractivity contribution in [2.45, 2.75) is 39.1 Å². The molecule has 2 N–H and O–H groups in total. The predicted molar refractivity (Wildman–Crippen MR) is 112 cm³/mol. The number of amides is 1. The van der Waals surface area contributed by atoms with Crippen LogP contribution >= 0.6 is 15.9 Å². The number of anilines is 1. The van der Waals surface area contributed by atoms with E-state index in [-0.39, 0.29) is 19.1 Å². The lowest BCUT2D eigenvalue weighted by atomic mass is 10.1. The number of hydrogen-bond donors (Lipinski definition) is 2. The Hall–Kier alpha value is -2.58. The molecule has 0 aliphatic heterocycles. The maximum Gasteiger partial charge on any atom is 0.411 e. The molecule has 2 aromatic rings. The molecule has 156 valence electrons. The second-order valence-electron chi connectivity index (χ2n) is 6.59. The molecule has 0 heterocycles. The number of hydrogen-bond acceptors (Lipinski definition) is 5. The van der Waals surface area contributed by atoms with Gasteiger partial charge in [-0.05, 0) is 65.2 Å². The van der Waals surface area contributed by atoms with Gasteiger partial charge in [0.25, 0.3) is 0 Å². The third kappa shape index (κ3) is 7.40. The number of ether oxygens (including phenoxy) is 3. The highest BCUT2D eigenvalue weighted by atomic mass is 79.9. The number of nitrogens with one attached hydrogen (secondary N) is 1. The van der Waals surface area contributed by atoms with Crippen molar-refractivity contribution >= 4 is 33.7 Å². The monoisotopic (exact) mass is 465 g/mol. The van der Waals surface area contributed by atoms with E-state index in [1.54, 1.807) is 57.4 Å². The number of rotatable bonds is 9. The van der Waals surface area contributed by atoms with E-state index in [9.17, 15) is 14.7 Å². The van der Waals surface area contributed by atoms with Gasteiger partial charge in [0.1, 0.15) is 12.4 Å². The summed E-state index contributed by atoms with van der Waals surface area (Å²) in [4.78, 5) is 23.5. The first kappa shape index (κ1) is 22.7. The molecule has 0 radical (unpaired) electrons. The van der Waals surface area contributed by atoms with Gasteiger partial charge in [-0.1, -0.05) is 18.2 Å². The number of benzene rings is 2. The van der Waals surface area contributed by atoms with Crippen LogP contribution in [-0.4, -0.2) is 36.5 Å². The molecule has 7 nitrogen and oxygen atoms in total. The van der Waals surface area contributed by atoms with E-state index in [0.717, 1.165) is 15.6 Å². The first-order valence-electron chi connectivity index (χ1n) is 9.02. The largest absolute Gasteiger partial charge is 0.496 e. The van der Waals surface area contributed by atoms with E-state index in [0.29, 0.717) is 11.4 Å². The second-order valence-corrected chi connectivity index (χ2v) is 7.44. The molecule has 0 saturated carbocycles. The maximum absolute atomic E-state index is 12.1. The van der Waals surface area contributed by atoms with Crippen LogP contribution in [0.2, 0.25) is 0 Å². The molecular formula is C21H24BrNO6. The summed E-state index contributed by atoms with van der Waals surface area (Å²) >= 11 is 3.39. The predicted octanol–water partition coefficient (Wildman–Crippen LogP) is 4.63. The molecule has 1 atom stereocenters. The summed E-state index contributed by atoms with van der Waals surface area (Å²) in [5, 5.41) is 12.0. The zero-order valence-electron chi connectivity index (χ0n) is 16.5. The van der Waals surface area contributed by atoms with Crippen LogP contribution in [0.15, 0.2) is 46.9 Å². The minimum absolute atomic E-state index is 0.0947. The average Bonchev–Trinajstić information content (AvgIpc) is 2.66. The Morgan fingerprint density at radius 2 is 1.90 bits per heavy atom. The summed E-state index contributed by atoms with van der Waals surface area (Å²) in [6.07, 6.45) is -1.57. The summed E-state index contributed by atoms with van der Waals surface area (Å²) in [6, 6.07) is 12.3. The Balaban J connectivity index is 1.94. The topological polar surface area (TPSA) is 94.1 Å². The van der Waals surface area contributed by atoms with Crippen molar-refractivity contribution in [2.24, 2.45) is 0 Å². The van der Waals surface area contributed by atoms with Gasteiger partial charge in [-0.15, -0.1) is 0 Å². The summed E-state index contributed by atoms with van der Waals surface area (Å²) < 4.78 is 16.6. The third-order valence-corrected chi connectivity index (χ3v) is 4.51. The van der Waals surface area contributed by atoms with Gasteiger partial charge in [0, 0.05) is 12.1 Å². The number of halogens is 1. The van der Waals surface area contributed by atoms with Gasteiger partial charge in [0.2, 0.25) is 0 Å². The van der Waals surface area contributed by atoms with Crippen LogP contribution in [0.5, 0.6) is 5.75 Å². The molecule has 0 spiro atoms. The number of carboxylic acid groups (broad SMARTS) is 1. The van der Waals surface area contributed by atoms with E-state index in [1.165, 1.54) is 0 Å². The van der Waals surface area contributed by atoms with Gasteiger partial charge in [-0.25, -0.2) is 9.59 Å². The maximum atomic E-state index is 12.1. The van der Waals surface area contributed by atoms with E-state index in [4.69, 9.17) is 14.2 Å². The molecule has 2 rings (SSSR count). The van der Waals surface area contributed by atoms with E-state index < -0.39 is 18.2 Å². The van der Waals surface area contributed by atoms with Gasteiger partial charge < -0.3 is 19.3 Å².